The smallest absolute Gasteiger partial charge is 0.410 e. The maximum absolute atomic E-state index is 14.0. The number of benzene rings is 2. The second-order valence-electron chi connectivity index (χ2n) is 6.66. The summed E-state index contributed by atoms with van der Waals surface area (Å²) >= 11 is -2.15. The summed E-state index contributed by atoms with van der Waals surface area (Å²) in [5, 5.41) is 0. The molecule has 0 aliphatic rings. The first-order valence-corrected chi connectivity index (χ1v) is 10.9. The molecule has 0 aliphatic carbocycles. The highest BCUT2D eigenvalue weighted by atomic mass is 32.2. The Balaban J connectivity index is 2.47. The van der Waals surface area contributed by atoms with Gasteiger partial charge in [-0.2, -0.15) is 13.2 Å². The number of ether oxygens (including phenoxy) is 1. The number of alkyl halides is 3. The van der Waals surface area contributed by atoms with Crippen molar-refractivity contribution >= 4 is 34.7 Å². The van der Waals surface area contributed by atoms with Gasteiger partial charge in [-0.15, -0.1) is 11.8 Å². The van der Waals surface area contributed by atoms with Gasteiger partial charge in [-0.25, -0.2) is 9.00 Å². The lowest BCUT2D eigenvalue weighted by molar-refractivity contribution is -0.140. The quantitative estimate of drug-likeness (QED) is 0.355. The van der Waals surface area contributed by atoms with Crippen LogP contribution in [0.1, 0.15) is 27.0 Å². The number of thioether (sulfide) groups is 1. The molecule has 30 heavy (non-hydrogen) atoms. The van der Waals surface area contributed by atoms with Crippen molar-refractivity contribution in [3.63, 3.8) is 0 Å². The number of aryl methyl sites for hydroxylation is 3. The van der Waals surface area contributed by atoms with E-state index in [-0.39, 0.29) is 11.3 Å². The van der Waals surface area contributed by atoms with Crippen molar-refractivity contribution in [2.24, 2.45) is 0 Å². The molecule has 0 heterocycles. The highest BCUT2D eigenvalue weighted by Gasteiger charge is 2.46. The van der Waals surface area contributed by atoms with Gasteiger partial charge in [0, 0.05) is 10.6 Å². The van der Waals surface area contributed by atoms with Gasteiger partial charge in [0.2, 0.25) is 0 Å². The summed E-state index contributed by atoms with van der Waals surface area (Å²) in [5.74, 6) is -1.27. The molecular formula is C20H22F3NO4S2. The number of nitrogens with zero attached hydrogens (tertiary/aromatic N) is 1. The number of hydrogen-bond acceptors (Lipinski definition) is 4. The van der Waals surface area contributed by atoms with Crippen LogP contribution in [-0.2, 0) is 16.0 Å². The van der Waals surface area contributed by atoms with E-state index in [0.29, 0.717) is 20.3 Å². The minimum absolute atomic E-state index is 0.0608. The topological polar surface area (TPSA) is 66.8 Å². The van der Waals surface area contributed by atoms with Gasteiger partial charge in [0.25, 0.3) is 11.3 Å². The molecule has 2 rings (SSSR count). The lowest BCUT2D eigenvalue weighted by Gasteiger charge is -2.33. The molecule has 0 aromatic heterocycles. The predicted molar refractivity (Wildman–Crippen MR) is 112 cm³/mol. The normalized spacial score (nSPS) is 13.6. The summed E-state index contributed by atoms with van der Waals surface area (Å²) in [5.41, 5.74) is 1.95. The lowest BCUT2D eigenvalue weighted by atomic mass is 10.0. The summed E-state index contributed by atoms with van der Waals surface area (Å²) in [6, 6.07) is 7.18. The average Bonchev–Trinajstić information content (AvgIpc) is 2.64. The molecule has 10 heteroatoms. The van der Waals surface area contributed by atoms with Crippen molar-refractivity contribution in [3.05, 3.63) is 58.7 Å². The highest BCUT2D eigenvalue weighted by Crippen LogP contribution is 2.37. The molecular weight excluding hydrogens is 439 g/mol. The summed E-state index contributed by atoms with van der Waals surface area (Å²) in [6.07, 6.45) is -4.80. The fourth-order valence-electron chi connectivity index (χ4n) is 3.20. The van der Waals surface area contributed by atoms with E-state index in [2.05, 4.69) is 4.74 Å². The molecule has 0 radical (unpaired) electrons. The minimum atomic E-state index is -4.80. The van der Waals surface area contributed by atoms with Gasteiger partial charge in [-0.3, -0.25) is 8.86 Å². The van der Waals surface area contributed by atoms with Gasteiger partial charge in [-0.05, 0) is 44.0 Å². The second-order valence-corrected chi connectivity index (χ2v) is 8.58. The number of esters is 1. The number of anilines is 1. The van der Waals surface area contributed by atoms with Gasteiger partial charge in [-0.1, -0.05) is 29.8 Å². The predicted octanol–water partition coefficient (Wildman–Crippen LogP) is 5.06. The van der Waals surface area contributed by atoms with E-state index in [4.69, 9.17) is 0 Å². The molecule has 0 bridgehead atoms. The van der Waals surface area contributed by atoms with Gasteiger partial charge >= 0.3 is 12.1 Å². The van der Waals surface area contributed by atoms with E-state index in [1.54, 1.807) is 45.0 Å². The number of methoxy groups -OCH3 is 1. The molecule has 0 amide bonds. The third-order valence-electron chi connectivity index (χ3n) is 4.37. The molecule has 5 nitrogen and oxygen atoms in total. The fraction of sp³-hybridized carbons (Fsp3) is 0.350. The van der Waals surface area contributed by atoms with Crippen LogP contribution in [-0.4, -0.2) is 39.8 Å². The van der Waals surface area contributed by atoms with E-state index in [1.165, 1.54) is 19.2 Å². The lowest BCUT2D eigenvalue weighted by Crippen LogP contribution is -2.49. The zero-order valence-electron chi connectivity index (χ0n) is 16.8. The van der Waals surface area contributed by atoms with Gasteiger partial charge in [0.1, 0.15) is 6.04 Å². The summed E-state index contributed by atoms with van der Waals surface area (Å²) < 4.78 is 69.0. The van der Waals surface area contributed by atoms with E-state index in [0.717, 1.165) is 17.3 Å². The number of halogens is 3. The van der Waals surface area contributed by atoms with Crippen molar-refractivity contribution in [2.75, 3.05) is 17.2 Å². The molecule has 2 aromatic rings. The number of carbonyl (C=O) groups excluding carboxylic acids is 1. The third-order valence-corrected chi connectivity index (χ3v) is 6.30. The maximum atomic E-state index is 14.0. The van der Waals surface area contributed by atoms with E-state index in [1.807, 2.05) is 0 Å². The molecule has 164 valence electrons. The van der Waals surface area contributed by atoms with Crippen molar-refractivity contribution in [3.8, 4) is 0 Å². The first kappa shape index (κ1) is 24.2. The van der Waals surface area contributed by atoms with Crippen LogP contribution in [0, 0.1) is 20.8 Å². The summed E-state index contributed by atoms with van der Waals surface area (Å²) in [4.78, 5) is 12.2. The molecule has 2 unspecified atom stereocenters. The minimum Gasteiger partial charge on any atom is -0.465 e. The number of hydrogen-bond donors (Lipinski definition) is 1. The number of carbonyl (C=O) groups is 1. The Morgan fingerprint density at radius 3 is 2.27 bits per heavy atom. The largest absolute Gasteiger partial charge is 0.465 e. The van der Waals surface area contributed by atoms with Crippen LogP contribution in [0.5, 0.6) is 0 Å². The Kier molecular flexibility index (Phi) is 7.95. The van der Waals surface area contributed by atoms with Crippen LogP contribution in [0.2, 0.25) is 0 Å². The average molecular weight is 462 g/mol. The molecule has 2 aromatic carbocycles. The van der Waals surface area contributed by atoms with Gasteiger partial charge < -0.3 is 4.74 Å². The molecule has 2 atom stereocenters. The Bertz CT molecular complexity index is 927. The molecule has 0 aliphatic heterocycles. The number of rotatable bonds is 7. The fourth-order valence-corrected chi connectivity index (χ4v) is 5.31. The first-order chi connectivity index (χ1) is 14.0. The maximum Gasteiger partial charge on any atom is 0.410 e. The van der Waals surface area contributed by atoms with Crippen LogP contribution in [0.3, 0.4) is 0 Å². The van der Waals surface area contributed by atoms with Crippen LogP contribution >= 0.6 is 11.8 Å². The van der Waals surface area contributed by atoms with Crippen molar-refractivity contribution in [1.82, 2.24) is 0 Å². The SMILES string of the molecule is COC(=O)c1ccccc1SCC(N(c1c(C)cc(C)cc1C)S(=O)O)C(F)(F)F. The highest BCUT2D eigenvalue weighted by molar-refractivity contribution is 7.99. The molecule has 0 saturated heterocycles. The molecule has 0 spiro atoms. The zero-order chi connectivity index (χ0) is 22.6. The van der Waals surface area contributed by atoms with E-state index in [9.17, 15) is 26.7 Å². The summed E-state index contributed by atoms with van der Waals surface area (Å²) in [7, 11) is 1.18. The Labute approximate surface area is 180 Å². The van der Waals surface area contributed by atoms with E-state index >= 15 is 0 Å². The van der Waals surface area contributed by atoms with Crippen molar-refractivity contribution in [1.29, 1.82) is 0 Å². The van der Waals surface area contributed by atoms with Crippen LogP contribution in [0.25, 0.3) is 0 Å². The second kappa shape index (κ2) is 9.84. The van der Waals surface area contributed by atoms with E-state index < -0.39 is 35.2 Å². The third kappa shape index (κ3) is 5.55. The Morgan fingerprint density at radius 1 is 1.20 bits per heavy atom. The zero-order valence-corrected chi connectivity index (χ0v) is 18.5. The molecule has 1 N–H and O–H groups in total. The van der Waals surface area contributed by atoms with Gasteiger partial charge in [0.15, 0.2) is 0 Å². The van der Waals surface area contributed by atoms with Crippen LogP contribution < -0.4 is 4.31 Å². The van der Waals surface area contributed by atoms with Gasteiger partial charge in [0.05, 0.1) is 18.4 Å². The molecule has 0 saturated carbocycles. The Hall–Kier alpha value is -2.04. The standard InChI is InChI=1S/C20H22F3NO4S2/c1-12-9-13(2)18(14(3)10-12)24(30(26)27)17(20(21,22)23)11-29-16-8-6-5-7-15(16)19(25)28-4/h5-10,17H,11H2,1-4H3,(H,26,27). The molecule has 0 fully saturated rings. The first-order valence-electron chi connectivity index (χ1n) is 8.82. The Morgan fingerprint density at radius 2 is 1.77 bits per heavy atom. The summed E-state index contributed by atoms with van der Waals surface area (Å²) in [6.45, 7) is 5.00. The van der Waals surface area contributed by atoms with Crippen LogP contribution in [0.4, 0.5) is 18.9 Å². The van der Waals surface area contributed by atoms with Crippen LogP contribution in [0.15, 0.2) is 41.3 Å². The van der Waals surface area contributed by atoms with Crippen molar-refractivity contribution in [2.45, 2.75) is 37.9 Å². The van der Waals surface area contributed by atoms with Crippen molar-refractivity contribution < 1.29 is 31.5 Å². The monoisotopic (exact) mass is 461 g/mol.